The SMILES string of the molecule is CCC1(C(=O)O)CCCN1S(=O)(=O)C(C)C. The molecule has 1 unspecified atom stereocenters. The zero-order valence-corrected chi connectivity index (χ0v) is 10.7. The number of carbonyl (C=O) groups is 1. The molecule has 0 spiro atoms. The molecule has 1 saturated heterocycles. The molecule has 0 aromatic heterocycles. The van der Waals surface area contributed by atoms with Gasteiger partial charge in [0.15, 0.2) is 0 Å². The summed E-state index contributed by atoms with van der Waals surface area (Å²) < 4.78 is 25.3. The van der Waals surface area contributed by atoms with E-state index in [4.69, 9.17) is 0 Å². The molecule has 1 atom stereocenters. The van der Waals surface area contributed by atoms with E-state index in [0.717, 1.165) is 0 Å². The molecular formula is C10H19NO4S. The summed E-state index contributed by atoms with van der Waals surface area (Å²) in [6.07, 6.45) is 1.34. The van der Waals surface area contributed by atoms with Gasteiger partial charge in [-0.25, -0.2) is 8.42 Å². The van der Waals surface area contributed by atoms with Crippen molar-refractivity contribution in [2.75, 3.05) is 6.54 Å². The monoisotopic (exact) mass is 249 g/mol. The van der Waals surface area contributed by atoms with E-state index in [-0.39, 0.29) is 0 Å². The van der Waals surface area contributed by atoms with Gasteiger partial charge < -0.3 is 5.11 Å². The Bertz CT molecular complexity index is 376. The highest BCUT2D eigenvalue weighted by atomic mass is 32.2. The number of aliphatic carboxylic acids is 1. The van der Waals surface area contributed by atoms with Crippen LogP contribution in [0.25, 0.3) is 0 Å². The molecular weight excluding hydrogens is 230 g/mol. The van der Waals surface area contributed by atoms with Crippen molar-refractivity contribution in [1.82, 2.24) is 4.31 Å². The van der Waals surface area contributed by atoms with Crippen molar-refractivity contribution in [3.63, 3.8) is 0 Å². The maximum Gasteiger partial charge on any atom is 0.325 e. The summed E-state index contributed by atoms with van der Waals surface area (Å²) in [6.45, 7) is 5.20. The Balaban J connectivity index is 3.19. The van der Waals surface area contributed by atoms with Crippen LogP contribution in [0.15, 0.2) is 0 Å². The van der Waals surface area contributed by atoms with Crippen molar-refractivity contribution in [1.29, 1.82) is 0 Å². The van der Waals surface area contributed by atoms with Gasteiger partial charge in [0, 0.05) is 6.54 Å². The molecule has 1 aliphatic rings. The van der Waals surface area contributed by atoms with Crippen molar-refractivity contribution < 1.29 is 18.3 Å². The van der Waals surface area contributed by atoms with E-state index in [2.05, 4.69) is 0 Å². The highest BCUT2D eigenvalue weighted by Crippen LogP contribution is 2.36. The van der Waals surface area contributed by atoms with E-state index < -0.39 is 26.8 Å². The van der Waals surface area contributed by atoms with E-state index in [1.54, 1.807) is 20.8 Å². The smallest absolute Gasteiger partial charge is 0.325 e. The Morgan fingerprint density at radius 3 is 2.44 bits per heavy atom. The van der Waals surface area contributed by atoms with Crippen LogP contribution in [-0.2, 0) is 14.8 Å². The number of carboxylic acid groups (broad SMARTS) is 1. The number of rotatable bonds is 4. The fourth-order valence-electron chi connectivity index (χ4n) is 2.20. The first-order valence-electron chi connectivity index (χ1n) is 5.54. The van der Waals surface area contributed by atoms with E-state index >= 15 is 0 Å². The third-order valence-electron chi connectivity index (χ3n) is 3.31. The molecule has 0 bridgehead atoms. The molecule has 94 valence electrons. The predicted molar refractivity (Wildman–Crippen MR) is 60.7 cm³/mol. The topological polar surface area (TPSA) is 74.7 Å². The molecule has 0 radical (unpaired) electrons. The van der Waals surface area contributed by atoms with Crippen LogP contribution in [0.3, 0.4) is 0 Å². The summed E-state index contributed by atoms with van der Waals surface area (Å²) >= 11 is 0. The molecule has 1 aliphatic heterocycles. The zero-order chi connectivity index (χ0) is 12.6. The molecule has 16 heavy (non-hydrogen) atoms. The summed E-state index contributed by atoms with van der Waals surface area (Å²) in [4.78, 5) is 11.3. The van der Waals surface area contributed by atoms with Crippen LogP contribution in [0.2, 0.25) is 0 Å². The van der Waals surface area contributed by atoms with Crippen molar-refractivity contribution in [3.8, 4) is 0 Å². The Hall–Kier alpha value is -0.620. The fraction of sp³-hybridized carbons (Fsp3) is 0.900. The third kappa shape index (κ3) is 1.84. The predicted octanol–water partition coefficient (Wildman–Crippen LogP) is 1.05. The number of carboxylic acids is 1. The lowest BCUT2D eigenvalue weighted by molar-refractivity contribution is -0.147. The minimum Gasteiger partial charge on any atom is -0.480 e. The highest BCUT2D eigenvalue weighted by Gasteiger charge is 2.52. The number of sulfonamides is 1. The molecule has 1 rings (SSSR count). The number of nitrogens with zero attached hydrogens (tertiary/aromatic N) is 1. The minimum absolute atomic E-state index is 0.314. The zero-order valence-electron chi connectivity index (χ0n) is 9.93. The lowest BCUT2D eigenvalue weighted by atomic mass is 9.95. The molecule has 0 aliphatic carbocycles. The summed E-state index contributed by atoms with van der Waals surface area (Å²) in [6, 6.07) is 0. The molecule has 0 aromatic carbocycles. The first-order chi connectivity index (χ1) is 7.29. The van der Waals surface area contributed by atoms with Gasteiger partial charge in [-0.1, -0.05) is 6.92 Å². The van der Waals surface area contributed by atoms with Crippen molar-refractivity contribution >= 4 is 16.0 Å². The largest absolute Gasteiger partial charge is 0.480 e. The quantitative estimate of drug-likeness (QED) is 0.808. The fourth-order valence-corrected chi connectivity index (χ4v) is 3.88. The second-order valence-electron chi connectivity index (χ2n) is 4.46. The number of hydrogen-bond donors (Lipinski definition) is 1. The average Bonchev–Trinajstić information content (AvgIpc) is 2.62. The standard InChI is InChI=1S/C10H19NO4S/c1-4-10(9(12)13)6-5-7-11(10)16(14,15)8(2)3/h8H,4-7H2,1-3H3,(H,12,13). The van der Waals surface area contributed by atoms with Crippen LogP contribution in [-0.4, -0.2) is 41.1 Å². The molecule has 0 amide bonds. The average molecular weight is 249 g/mol. The van der Waals surface area contributed by atoms with Gasteiger partial charge in [0.1, 0.15) is 5.54 Å². The summed E-state index contributed by atoms with van der Waals surface area (Å²) in [5.74, 6) is -1.03. The van der Waals surface area contributed by atoms with Crippen LogP contribution in [0, 0.1) is 0 Å². The maximum absolute atomic E-state index is 12.1. The minimum atomic E-state index is -3.49. The third-order valence-corrected chi connectivity index (χ3v) is 5.65. The number of hydrogen-bond acceptors (Lipinski definition) is 3. The molecule has 0 saturated carbocycles. The lowest BCUT2D eigenvalue weighted by Gasteiger charge is -2.34. The van der Waals surface area contributed by atoms with E-state index in [1.165, 1.54) is 4.31 Å². The van der Waals surface area contributed by atoms with Gasteiger partial charge in [0.25, 0.3) is 0 Å². The van der Waals surface area contributed by atoms with Crippen LogP contribution < -0.4 is 0 Å². The highest BCUT2D eigenvalue weighted by molar-refractivity contribution is 7.89. The van der Waals surface area contributed by atoms with Crippen LogP contribution in [0.4, 0.5) is 0 Å². The van der Waals surface area contributed by atoms with Crippen molar-refractivity contribution in [3.05, 3.63) is 0 Å². The first kappa shape index (κ1) is 13.4. The Labute approximate surface area is 96.5 Å². The van der Waals surface area contributed by atoms with Gasteiger partial charge >= 0.3 is 5.97 Å². The van der Waals surface area contributed by atoms with E-state index in [0.29, 0.717) is 25.8 Å². The Morgan fingerprint density at radius 1 is 1.50 bits per heavy atom. The molecule has 1 fully saturated rings. The Morgan fingerprint density at radius 2 is 2.06 bits per heavy atom. The van der Waals surface area contributed by atoms with Crippen LogP contribution in [0.1, 0.15) is 40.0 Å². The van der Waals surface area contributed by atoms with Gasteiger partial charge in [-0.15, -0.1) is 0 Å². The second kappa shape index (κ2) is 4.33. The van der Waals surface area contributed by atoms with Gasteiger partial charge in [-0.05, 0) is 33.1 Å². The van der Waals surface area contributed by atoms with Gasteiger partial charge in [0.05, 0.1) is 5.25 Å². The first-order valence-corrected chi connectivity index (χ1v) is 7.04. The summed E-state index contributed by atoms with van der Waals surface area (Å²) in [5.41, 5.74) is -1.22. The summed E-state index contributed by atoms with van der Waals surface area (Å²) in [7, 11) is -3.49. The van der Waals surface area contributed by atoms with Crippen molar-refractivity contribution in [2.45, 2.75) is 50.8 Å². The lowest BCUT2D eigenvalue weighted by Crippen LogP contribution is -2.54. The Kier molecular flexibility index (Phi) is 3.64. The molecule has 5 nitrogen and oxygen atoms in total. The van der Waals surface area contributed by atoms with E-state index in [9.17, 15) is 18.3 Å². The second-order valence-corrected chi connectivity index (χ2v) is 6.87. The van der Waals surface area contributed by atoms with Crippen molar-refractivity contribution in [2.24, 2.45) is 0 Å². The summed E-state index contributed by atoms with van der Waals surface area (Å²) in [5, 5.41) is 8.70. The van der Waals surface area contributed by atoms with Crippen LogP contribution in [0.5, 0.6) is 0 Å². The molecule has 1 N–H and O–H groups in total. The molecule has 6 heteroatoms. The van der Waals surface area contributed by atoms with Crippen LogP contribution >= 0.6 is 0 Å². The van der Waals surface area contributed by atoms with Gasteiger partial charge in [-0.3, -0.25) is 4.79 Å². The normalized spacial score (nSPS) is 27.5. The van der Waals surface area contributed by atoms with E-state index in [1.807, 2.05) is 0 Å². The molecule has 0 aromatic rings. The molecule has 1 heterocycles. The van der Waals surface area contributed by atoms with Gasteiger partial charge in [0.2, 0.25) is 10.0 Å². The van der Waals surface area contributed by atoms with Gasteiger partial charge in [-0.2, -0.15) is 4.31 Å². The maximum atomic E-state index is 12.1.